The summed E-state index contributed by atoms with van der Waals surface area (Å²) in [6, 6.07) is 34.8. The fraction of sp³-hybridized carbons (Fsp3) is 0.442. The van der Waals surface area contributed by atoms with Crippen LogP contribution in [0.2, 0.25) is 0 Å². The molecule has 1 heterocycles. The average molecular weight is 649 g/mol. The van der Waals surface area contributed by atoms with Crippen LogP contribution in [0.4, 0.5) is 0 Å². The number of epoxide rings is 1. The van der Waals surface area contributed by atoms with Crippen molar-refractivity contribution in [2.45, 2.75) is 71.3 Å². The minimum Gasteiger partial charge on any atom is -0.493 e. The van der Waals surface area contributed by atoms with Crippen LogP contribution in [0, 0.1) is 17.8 Å². The lowest BCUT2D eigenvalue weighted by atomic mass is 9.73. The molecule has 0 bridgehead atoms. The van der Waals surface area contributed by atoms with Gasteiger partial charge in [-0.05, 0) is 101 Å². The van der Waals surface area contributed by atoms with Gasteiger partial charge in [-0.1, -0.05) is 89.1 Å². The molecule has 5 nitrogen and oxygen atoms in total. The number of hydrogen-bond acceptors (Lipinski definition) is 5. The Morgan fingerprint density at radius 3 is 1.17 bits per heavy atom. The summed E-state index contributed by atoms with van der Waals surface area (Å²) in [5.41, 5.74) is 4.90. The first kappa shape index (κ1) is 33.9. The zero-order valence-electron chi connectivity index (χ0n) is 29.1. The van der Waals surface area contributed by atoms with E-state index in [0.717, 1.165) is 62.3 Å². The first-order valence-electron chi connectivity index (χ1n) is 18.0. The molecular weight excluding hydrogens is 596 g/mol. The molecule has 1 aliphatic heterocycles. The van der Waals surface area contributed by atoms with Crippen molar-refractivity contribution in [1.82, 2.24) is 0 Å². The second-order valence-corrected chi connectivity index (χ2v) is 13.9. The van der Waals surface area contributed by atoms with Gasteiger partial charge in [0.05, 0.1) is 26.4 Å². The maximum Gasteiger partial charge on any atom is 0.119 e. The Labute approximate surface area is 287 Å². The minimum absolute atomic E-state index is 0.0297. The molecule has 1 aliphatic carbocycles. The molecule has 48 heavy (non-hydrogen) atoms. The Hall–Kier alpha value is -3.96. The third-order valence-corrected chi connectivity index (χ3v) is 9.77. The molecule has 2 fully saturated rings. The molecule has 5 heteroatoms. The predicted octanol–water partition coefficient (Wildman–Crippen LogP) is 10.1. The molecule has 4 atom stereocenters. The molecule has 4 unspecified atom stereocenters. The van der Waals surface area contributed by atoms with Gasteiger partial charge in [0.15, 0.2) is 0 Å². The molecule has 254 valence electrons. The van der Waals surface area contributed by atoms with Crippen molar-refractivity contribution in [1.29, 1.82) is 0 Å². The van der Waals surface area contributed by atoms with Gasteiger partial charge < -0.3 is 23.7 Å². The van der Waals surface area contributed by atoms with Gasteiger partial charge in [0.2, 0.25) is 0 Å². The lowest BCUT2D eigenvalue weighted by Gasteiger charge is -2.30. The van der Waals surface area contributed by atoms with Crippen molar-refractivity contribution < 1.29 is 23.7 Å². The Kier molecular flexibility index (Phi) is 11.6. The maximum absolute atomic E-state index is 6.16. The van der Waals surface area contributed by atoms with Crippen molar-refractivity contribution in [2.24, 2.45) is 17.8 Å². The summed E-state index contributed by atoms with van der Waals surface area (Å²) in [6.07, 6.45) is 4.97. The molecule has 2 aliphatic rings. The smallest absolute Gasteiger partial charge is 0.119 e. The Bertz CT molecular complexity index is 1410. The molecule has 4 aromatic rings. The van der Waals surface area contributed by atoms with Crippen molar-refractivity contribution >= 4 is 0 Å². The highest BCUT2D eigenvalue weighted by molar-refractivity contribution is 5.48. The van der Waals surface area contributed by atoms with Gasteiger partial charge in [-0.15, -0.1) is 0 Å². The van der Waals surface area contributed by atoms with Gasteiger partial charge in [-0.3, -0.25) is 0 Å². The summed E-state index contributed by atoms with van der Waals surface area (Å²) in [5, 5.41) is 0. The maximum atomic E-state index is 6.16. The fourth-order valence-electron chi connectivity index (χ4n) is 5.80. The van der Waals surface area contributed by atoms with E-state index < -0.39 is 0 Å². The quantitative estimate of drug-likeness (QED) is 0.0948. The van der Waals surface area contributed by atoms with Crippen LogP contribution >= 0.6 is 0 Å². The van der Waals surface area contributed by atoms with Gasteiger partial charge in [0, 0.05) is 11.8 Å². The molecule has 0 spiro atoms. The van der Waals surface area contributed by atoms with Crippen LogP contribution in [0.3, 0.4) is 0 Å². The van der Waals surface area contributed by atoms with Crippen LogP contribution in [0.15, 0.2) is 97.1 Å². The van der Waals surface area contributed by atoms with Crippen LogP contribution in [-0.2, 0) is 4.74 Å². The fourth-order valence-corrected chi connectivity index (χ4v) is 5.80. The number of ether oxygens (including phenoxy) is 5. The molecular formula is C43H52O5. The van der Waals surface area contributed by atoms with Gasteiger partial charge in [0.25, 0.3) is 0 Å². The SMILES string of the molecule is CCC(C)COc1ccc(C(c2ccc(OCC(C)CC)cc2)C(c2ccc(OCC3CC3)cc2)c2ccc(OCC3CO3)cc2)cc1. The Morgan fingerprint density at radius 1 is 0.521 bits per heavy atom. The number of hydrogen-bond donors (Lipinski definition) is 0. The van der Waals surface area contributed by atoms with E-state index in [0.29, 0.717) is 24.4 Å². The van der Waals surface area contributed by atoms with Gasteiger partial charge in [-0.25, -0.2) is 0 Å². The molecule has 6 rings (SSSR count). The van der Waals surface area contributed by atoms with Crippen molar-refractivity contribution in [3.8, 4) is 23.0 Å². The van der Waals surface area contributed by atoms with E-state index in [9.17, 15) is 0 Å². The van der Waals surface area contributed by atoms with E-state index in [1.165, 1.54) is 35.1 Å². The van der Waals surface area contributed by atoms with E-state index in [1.807, 2.05) is 0 Å². The minimum atomic E-state index is 0.0297. The second-order valence-electron chi connectivity index (χ2n) is 13.9. The van der Waals surface area contributed by atoms with E-state index >= 15 is 0 Å². The van der Waals surface area contributed by atoms with Gasteiger partial charge in [0.1, 0.15) is 35.7 Å². The van der Waals surface area contributed by atoms with Crippen LogP contribution in [0.25, 0.3) is 0 Å². The number of rotatable bonds is 19. The third-order valence-electron chi connectivity index (χ3n) is 9.77. The van der Waals surface area contributed by atoms with Crippen LogP contribution in [0.5, 0.6) is 23.0 Å². The molecule has 0 radical (unpaired) electrons. The molecule has 1 saturated carbocycles. The summed E-state index contributed by atoms with van der Waals surface area (Å²) in [4.78, 5) is 0. The highest BCUT2D eigenvalue weighted by Crippen LogP contribution is 2.44. The van der Waals surface area contributed by atoms with Crippen LogP contribution in [0.1, 0.15) is 87.5 Å². The van der Waals surface area contributed by atoms with Crippen molar-refractivity contribution in [3.63, 3.8) is 0 Å². The van der Waals surface area contributed by atoms with Crippen molar-refractivity contribution in [3.05, 3.63) is 119 Å². The summed E-state index contributed by atoms with van der Waals surface area (Å²) in [6.45, 7) is 12.5. The highest BCUT2D eigenvalue weighted by Gasteiger charge is 2.29. The normalized spacial score (nSPS) is 18.0. The Balaban J connectivity index is 1.35. The largest absolute Gasteiger partial charge is 0.493 e. The summed E-state index contributed by atoms with van der Waals surface area (Å²) < 4.78 is 29.8. The second kappa shape index (κ2) is 16.4. The first-order valence-corrected chi connectivity index (χ1v) is 18.0. The Morgan fingerprint density at radius 2 is 0.854 bits per heavy atom. The predicted molar refractivity (Wildman–Crippen MR) is 193 cm³/mol. The topological polar surface area (TPSA) is 49.5 Å². The lowest BCUT2D eigenvalue weighted by Crippen LogP contribution is -2.15. The van der Waals surface area contributed by atoms with Crippen LogP contribution in [-0.4, -0.2) is 39.1 Å². The van der Waals surface area contributed by atoms with E-state index in [1.54, 1.807) is 0 Å². The monoisotopic (exact) mass is 648 g/mol. The lowest BCUT2D eigenvalue weighted by molar-refractivity contribution is 0.256. The standard InChI is InChI=1S/C43H52O5/c1-5-30(3)25-44-37-17-9-33(10-18-37)42(34-11-19-38(20-12-34)45-26-31(4)6-2)43(35-13-21-39(22-14-35)46-27-32-7-8-32)36-15-23-40(24-16-36)47-28-41-29-48-41/h9-24,30-32,41-43H,5-8,25-29H2,1-4H3. The zero-order chi connectivity index (χ0) is 33.3. The first-order chi connectivity index (χ1) is 23.5. The molecule has 1 saturated heterocycles. The summed E-state index contributed by atoms with van der Waals surface area (Å²) >= 11 is 0. The van der Waals surface area contributed by atoms with Crippen LogP contribution < -0.4 is 18.9 Å². The highest BCUT2D eigenvalue weighted by atomic mass is 16.6. The van der Waals surface area contributed by atoms with E-state index in [-0.39, 0.29) is 17.9 Å². The third kappa shape index (κ3) is 9.56. The molecule has 4 aromatic carbocycles. The molecule has 0 aromatic heterocycles. The van der Waals surface area contributed by atoms with Gasteiger partial charge in [-0.2, -0.15) is 0 Å². The molecule has 0 N–H and O–H groups in total. The van der Waals surface area contributed by atoms with Crippen molar-refractivity contribution in [2.75, 3.05) is 33.0 Å². The zero-order valence-corrected chi connectivity index (χ0v) is 29.1. The van der Waals surface area contributed by atoms with E-state index in [4.69, 9.17) is 23.7 Å². The molecule has 0 amide bonds. The summed E-state index contributed by atoms with van der Waals surface area (Å²) in [5.74, 6) is 5.40. The van der Waals surface area contributed by atoms with Gasteiger partial charge >= 0.3 is 0 Å². The number of benzene rings is 4. The summed E-state index contributed by atoms with van der Waals surface area (Å²) in [7, 11) is 0. The van der Waals surface area contributed by atoms with E-state index in [2.05, 4.69) is 125 Å². The average Bonchev–Trinajstić information content (AvgIpc) is 4.08.